The molecule has 2 saturated carbocycles. The van der Waals surface area contributed by atoms with Crippen molar-refractivity contribution in [1.29, 1.82) is 0 Å². The standard InChI is InChI=1S/C29H46N2O3/c1-7-31(8-2)27(34)11-9-10-19(3)21-13-14-22-20-12-15-24-28(4,17-16-26(33)30(24)6)23(20)18-25(32)29(21,22)5/h15,19-23H,7-14,16-18H2,1-6H3/t19-,20+,21-,22+,23+,28-,29-/m1/s1. The predicted octanol–water partition coefficient (Wildman–Crippen LogP) is 5.45. The van der Waals surface area contributed by atoms with Gasteiger partial charge in [0.15, 0.2) is 0 Å². The quantitative estimate of drug-likeness (QED) is 0.497. The SMILES string of the molecule is CCN(CC)C(=O)CCC[C@@H](C)[C@H]1CC[C@H]2[C@@H]3CC=C4N(C)C(=O)CC[C@]4(C)[C@H]3CC(=O)[C@]12C. The molecule has 34 heavy (non-hydrogen) atoms. The Kier molecular flexibility index (Phi) is 7.05. The summed E-state index contributed by atoms with van der Waals surface area (Å²) in [5.74, 6) is 3.16. The Bertz CT molecular complexity index is 861. The summed E-state index contributed by atoms with van der Waals surface area (Å²) in [5, 5.41) is 0. The molecule has 0 aromatic heterocycles. The van der Waals surface area contributed by atoms with E-state index in [9.17, 15) is 14.4 Å². The molecular formula is C29H46N2O3. The van der Waals surface area contributed by atoms with E-state index in [2.05, 4.69) is 26.8 Å². The van der Waals surface area contributed by atoms with Gasteiger partial charge in [0.1, 0.15) is 5.78 Å². The molecule has 1 heterocycles. The third kappa shape index (κ3) is 3.86. The number of fused-ring (bicyclic) bond motifs is 5. The summed E-state index contributed by atoms with van der Waals surface area (Å²) in [6.45, 7) is 12.6. The fourth-order valence-corrected chi connectivity index (χ4v) is 8.74. The van der Waals surface area contributed by atoms with E-state index in [1.807, 2.05) is 30.7 Å². The smallest absolute Gasteiger partial charge is 0.226 e. The zero-order chi connectivity index (χ0) is 24.8. The van der Waals surface area contributed by atoms with Crippen LogP contribution in [0, 0.1) is 40.4 Å². The summed E-state index contributed by atoms with van der Waals surface area (Å²) in [5.41, 5.74) is 0.876. The first-order valence-electron chi connectivity index (χ1n) is 13.9. The van der Waals surface area contributed by atoms with Gasteiger partial charge in [-0.1, -0.05) is 26.8 Å². The first-order chi connectivity index (χ1) is 16.1. The first-order valence-corrected chi connectivity index (χ1v) is 13.9. The van der Waals surface area contributed by atoms with Gasteiger partial charge in [-0.05, 0) is 82.0 Å². The Morgan fingerprint density at radius 1 is 1.18 bits per heavy atom. The third-order valence-electron chi connectivity index (χ3n) is 10.8. The number of allylic oxidation sites excluding steroid dienone is 2. The van der Waals surface area contributed by atoms with Crippen LogP contribution in [0.5, 0.6) is 0 Å². The molecule has 0 bridgehead atoms. The van der Waals surface area contributed by atoms with E-state index in [1.165, 1.54) is 5.70 Å². The number of Topliss-reactive ketones (excluding diaryl/α,β-unsaturated/α-hetero) is 1. The van der Waals surface area contributed by atoms with Gasteiger partial charge < -0.3 is 9.80 Å². The maximum Gasteiger partial charge on any atom is 0.226 e. The molecule has 0 unspecified atom stereocenters. The second-order valence-corrected chi connectivity index (χ2v) is 12.1. The lowest BCUT2D eigenvalue weighted by Gasteiger charge is -2.58. The monoisotopic (exact) mass is 470 g/mol. The molecule has 5 nitrogen and oxygen atoms in total. The number of piperidine rings is 1. The Hall–Kier alpha value is -1.65. The molecule has 0 spiro atoms. The molecule has 2 amide bonds. The van der Waals surface area contributed by atoms with Gasteiger partial charge in [-0.25, -0.2) is 0 Å². The van der Waals surface area contributed by atoms with Crippen LogP contribution in [0.15, 0.2) is 11.8 Å². The maximum absolute atomic E-state index is 13.9. The second-order valence-electron chi connectivity index (χ2n) is 12.1. The number of hydrogen-bond acceptors (Lipinski definition) is 3. The van der Waals surface area contributed by atoms with Crippen molar-refractivity contribution in [2.75, 3.05) is 20.1 Å². The highest BCUT2D eigenvalue weighted by atomic mass is 16.2. The molecule has 0 N–H and O–H groups in total. The normalized spacial score (nSPS) is 38.1. The van der Waals surface area contributed by atoms with Crippen LogP contribution in [0.2, 0.25) is 0 Å². The van der Waals surface area contributed by atoms with Gasteiger partial charge in [0.05, 0.1) is 0 Å². The van der Waals surface area contributed by atoms with Gasteiger partial charge in [-0.3, -0.25) is 14.4 Å². The van der Waals surface area contributed by atoms with Crippen molar-refractivity contribution in [2.24, 2.45) is 40.4 Å². The summed E-state index contributed by atoms with van der Waals surface area (Å²) in [6.07, 6.45) is 10.3. The summed E-state index contributed by atoms with van der Waals surface area (Å²) >= 11 is 0. The van der Waals surface area contributed by atoms with Crippen LogP contribution in [0.1, 0.15) is 92.4 Å². The number of ketones is 1. The molecule has 4 rings (SSSR count). The highest BCUT2D eigenvalue weighted by Crippen LogP contribution is 2.65. The number of nitrogens with zero attached hydrogens (tertiary/aromatic N) is 2. The highest BCUT2D eigenvalue weighted by molar-refractivity contribution is 5.87. The molecule has 1 aliphatic heterocycles. The van der Waals surface area contributed by atoms with Gasteiger partial charge >= 0.3 is 0 Å². The molecule has 4 aliphatic rings. The van der Waals surface area contributed by atoms with Crippen LogP contribution in [0.4, 0.5) is 0 Å². The van der Waals surface area contributed by atoms with Crippen molar-refractivity contribution in [1.82, 2.24) is 9.80 Å². The molecular weight excluding hydrogens is 424 g/mol. The average molecular weight is 471 g/mol. The van der Waals surface area contributed by atoms with Crippen molar-refractivity contribution in [2.45, 2.75) is 92.4 Å². The van der Waals surface area contributed by atoms with E-state index in [4.69, 9.17) is 0 Å². The Morgan fingerprint density at radius 3 is 2.56 bits per heavy atom. The summed E-state index contributed by atoms with van der Waals surface area (Å²) in [4.78, 5) is 42.5. The van der Waals surface area contributed by atoms with Crippen molar-refractivity contribution in [3.05, 3.63) is 11.8 Å². The van der Waals surface area contributed by atoms with Gasteiger partial charge in [0, 0.05) is 55.9 Å². The van der Waals surface area contributed by atoms with E-state index >= 15 is 0 Å². The average Bonchev–Trinajstić information content (AvgIpc) is 3.17. The maximum atomic E-state index is 13.9. The Labute approximate surface area is 206 Å². The molecule has 0 aromatic carbocycles. The van der Waals surface area contributed by atoms with Crippen LogP contribution in [0.25, 0.3) is 0 Å². The van der Waals surface area contributed by atoms with Crippen LogP contribution in [0.3, 0.4) is 0 Å². The molecule has 0 radical (unpaired) electrons. The summed E-state index contributed by atoms with van der Waals surface area (Å²) < 4.78 is 0. The molecule has 7 atom stereocenters. The number of likely N-dealkylation sites (tertiary alicyclic amines) is 1. The zero-order valence-electron chi connectivity index (χ0n) is 22.4. The van der Waals surface area contributed by atoms with Crippen LogP contribution < -0.4 is 0 Å². The lowest BCUT2D eigenvalue weighted by Crippen LogP contribution is -2.57. The molecule has 1 saturated heterocycles. The van der Waals surface area contributed by atoms with Crippen LogP contribution in [-0.2, 0) is 14.4 Å². The summed E-state index contributed by atoms with van der Waals surface area (Å²) in [7, 11) is 1.92. The number of carbonyl (C=O) groups is 3. The van der Waals surface area contributed by atoms with Crippen molar-refractivity contribution in [3.8, 4) is 0 Å². The molecule has 5 heteroatoms. The minimum Gasteiger partial charge on any atom is -0.343 e. The Morgan fingerprint density at radius 2 is 1.88 bits per heavy atom. The molecule has 3 aliphatic carbocycles. The van der Waals surface area contributed by atoms with E-state index in [0.29, 0.717) is 54.6 Å². The van der Waals surface area contributed by atoms with Gasteiger partial charge in [0.2, 0.25) is 11.8 Å². The van der Waals surface area contributed by atoms with E-state index in [-0.39, 0.29) is 22.6 Å². The fraction of sp³-hybridized carbons (Fsp3) is 0.828. The predicted molar refractivity (Wildman–Crippen MR) is 135 cm³/mol. The molecule has 3 fully saturated rings. The van der Waals surface area contributed by atoms with E-state index in [1.54, 1.807) is 0 Å². The molecule has 190 valence electrons. The van der Waals surface area contributed by atoms with Crippen LogP contribution in [-0.4, -0.2) is 47.5 Å². The van der Waals surface area contributed by atoms with Gasteiger partial charge in [-0.2, -0.15) is 0 Å². The van der Waals surface area contributed by atoms with E-state index < -0.39 is 0 Å². The van der Waals surface area contributed by atoms with Crippen molar-refractivity contribution in [3.63, 3.8) is 0 Å². The highest BCUT2D eigenvalue weighted by Gasteiger charge is 2.63. The minimum atomic E-state index is -0.235. The van der Waals surface area contributed by atoms with E-state index in [0.717, 1.165) is 51.6 Å². The lowest BCUT2D eigenvalue weighted by atomic mass is 9.48. The lowest BCUT2D eigenvalue weighted by molar-refractivity contribution is -0.150. The zero-order valence-corrected chi connectivity index (χ0v) is 22.4. The largest absolute Gasteiger partial charge is 0.343 e. The topological polar surface area (TPSA) is 57.7 Å². The van der Waals surface area contributed by atoms with Gasteiger partial charge in [0.25, 0.3) is 0 Å². The summed E-state index contributed by atoms with van der Waals surface area (Å²) in [6, 6.07) is 0. The minimum absolute atomic E-state index is 0.0585. The number of carbonyl (C=O) groups excluding carboxylic acids is 3. The number of amides is 2. The van der Waals surface area contributed by atoms with Crippen LogP contribution >= 0.6 is 0 Å². The van der Waals surface area contributed by atoms with Gasteiger partial charge in [-0.15, -0.1) is 0 Å². The van der Waals surface area contributed by atoms with Crippen molar-refractivity contribution >= 4 is 17.6 Å². The van der Waals surface area contributed by atoms with Crippen molar-refractivity contribution < 1.29 is 14.4 Å². The third-order valence-corrected chi connectivity index (χ3v) is 10.8. The second kappa shape index (κ2) is 9.43. The molecule has 0 aromatic rings. The Balaban J connectivity index is 1.48. The number of rotatable bonds is 7. The first kappa shape index (κ1) is 25.4. The number of hydrogen-bond donors (Lipinski definition) is 0. The fourth-order valence-electron chi connectivity index (χ4n) is 8.74.